The first-order chi connectivity index (χ1) is 11.1. The van der Waals surface area contributed by atoms with Gasteiger partial charge < -0.3 is 20.7 Å². The molecule has 2 aromatic carbocycles. The van der Waals surface area contributed by atoms with E-state index >= 15 is 0 Å². The molecular formula is C18H23N3O2. The van der Waals surface area contributed by atoms with Gasteiger partial charge in [0.05, 0.1) is 5.56 Å². The van der Waals surface area contributed by atoms with Gasteiger partial charge in [-0.25, -0.2) is 0 Å². The van der Waals surface area contributed by atoms with Gasteiger partial charge in [-0.15, -0.1) is 0 Å². The van der Waals surface area contributed by atoms with Crippen molar-refractivity contribution in [2.45, 2.75) is 6.54 Å². The second-order valence-electron chi connectivity index (χ2n) is 5.57. The highest BCUT2D eigenvalue weighted by molar-refractivity contribution is 5.98. The summed E-state index contributed by atoms with van der Waals surface area (Å²) in [5, 5.41) is 2.87. The van der Waals surface area contributed by atoms with Crippen molar-refractivity contribution in [3.8, 4) is 5.75 Å². The van der Waals surface area contributed by atoms with Gasteiger partial charge >= 0.3 is 0 Å². The number of carbonyl (C=O) groups is 1. The molecular weight excluding hydrogens is 290 g/mol. The number of hydrogen-bond acceptors (Lipinski definition) is 4. The molecule has 0 saturated heterocycles. The van der Waals surface area contributed by atoms with E-state index in [1.807, 2.05) is 38.4 Å². The van der Waals surface area contributed by atoms with E-state index in [4.69, 9.17) is 10.5 Å². The minimum absolute atomic E-state index is 0.179. The van der Waals surface area contributed by atoms with Crippen LogP contribution in [-0.4, -0.2) is 38.1 Å². The highest BCUT2D eigenvalue weighted by atomic mass is 16.5. The Bertz CT molecular complexity index is 656. The molecule has 5 nitrogen and oxygen atoms in total. The van der Waals surface area contributed by atoms with Crippen molar-refractivity contribution in [2.24, 2.45) is 0 Å². The number of amides is 1. The highest BCUT2D eigenvalue weighted by Crippen LogP contribution is 2.14. The van der Waals surface area contributed by atoms with E-state index in [2.05, 4.69) is 10.2 Å². The number of benzene rings is 2. The van der Waals surface area contributed by atoms with E-state index in [-0.39, 0.29) is 5.91 Å². The average Bonchev–Trinajstić information content (AvgIpc) is 2.53. The summed E-state index contributed by atoms with van der Waals surface area (Å²) in [6, 6.07) is 14.8. The Morgan fingerprint density at radius 2 is 1.96 bits per heavy atom. The van der Waals surface area contributed by atoms with Crippen molar-refractivity contribution in [1.82, 2.24) is 10.2 Å². The largest absolute Gasteiger partial charge is 0.492 e. The number of nitrogens with two attached hydrogens (primary N) is 1. The third kappa shape index (κ3) is 5.30. The van der Waals surface area contributed by atoms with Gasteiger partial charge in [-0.2, -0.15) is 0 Å². The van der Waals surface area contributed by atoms with Gasteiger partial charge in [0.2, 0.25) is 0 Å². The fourth-order valence-corrected chi connectivity index (χ4v) is 2.07. The first kappa shape index (κ1) is 16.8. The summed E-state index contributed by atoms with van der Waals surface area (Å²) in [4.78, 5) is 14.2. The second-order valence-corrected chi connectivity index (χ2v) is 5.57. The highest BCUT2D eigenvalue weighted by Gasteiger charge is 2.08. The van der Waals surface area contributed by atoms with Crippen molar-refractivity contribution in [1.29, 1.82) is 0 Å². The predicted molar refractivity (Wildman–Crippen MR) is 92.5 cm³/mol. The van der Waals surface area contributed by atoms with Gasteiger partial charge in [0.1, 0.15) is 12.4 Å². The topological polar surface area (TPSA) is 67.6 Å². The molecule has 0 unspecified atom stereocenters. The maximum atomic E-state index is 12.1. The number of nitrogens with zero attached hydrogens (tertiary/aromatic N) is 1. The zero-order valence-electron chi connectivity index (χ0n) is 13.6. The number of para-hydroxylation sites is 1. The van der Waals surface area contributed by atoms with Crippen LogP contribution in [0.2, 0.25) is 0 Å². The zero-order valence-corrected chi connectivity index (χ0v) is 13.6. The van der Waals surface area contributed by atoms with E-state index < -0.39 is 0 Å². The van der Waals surface area contributed by atoms with E-state index in [1.165, 1.54) is 0 Å². The van der Waals surface area contributed by atoms with Crippen molar-refractivity contribution in [2.75, 3.05) is 33.0 Å². The minimum atomic E-state index is -0.179. The zero-order chi connectivity index (χ0) is 16.7. The van der Waals surface area contributed by atoms with Crippen LogP contribution in [-0.2, 0) is 6.54 Å². The number of hydrogen-bond donors (Lipinski definition) is 2. The molecule has 1 amide bonds. The van der Waals surface area contributed by atoms with Crippen LogP contribution in [0.1, 0.15) is 15.9 Å². The van der Waals surface area contributed by atoms with Gasteiger partial charge in [-0.1, -0.05) is 24.3 Å². The molecule has 0 aliphatic carbocycles. The minimum Gasteiger partial charge on any atom is -0.492 e. The van der Waals surface area contributed by atoms with E-state index in [0.717, 1.165) is 17.9 Å². The number of rotatable bonds is 7. The predicted octanol–water partition coefficient (Wildman–Crippen LogP) is 2.14. The second kappa shape index (κ2) is 8.19. The maximum absolute atomic E-state index is 12.1. The fraction of sp³-hybridized carbons (Fsp3) is 0.278. The normalized spacial score (nSPS) is 10.6. The average molecular weight is 313 g/mol. The number of ether oxygens (including phenoxy) is 1. The number of likely N-dealkylation sites (N-methyl/N-ethyl adjacent to an activating group) is 1. The number of carbonyl (C=O) groups excluding carboxylic acids is 1. The van der Waals surface area contributed by atoms with Crippen LogP contribution in [0.5, 0.6) is 5.75 Å². The molecule has 0 saturated carbocycles. The van der Waals surface area contributed by atoms with E-state index in [9.17, 15) is 4.79 Å². The van der Waals surface area contributed by atoms with Crippen LogP contribution in [0.25, 0.3) is 0 Å². The quantitative estimate of drug-likeness (QED) is 0.769. The first-order valence-electron chi connectivity index (χ1n) is 7.55. The molecule has 23 heavy (non-hydrogen) atoms. The lowest BCUT2D eigenvalue weighted by atomic mass is 10.1. The van der Waals surface area contributed by atoms with Gasteiger partial charge in [0.25, 0.3) is 5.91 Å². The molecule has 0 atom stereocenters. The smallest absolute Gasteiger partial charge is 0.253 e. The Morgan fingerprint density at radius 1 is 1.17 bits per heavy atom. The Balaban J connectivity index is 1.90. The fourth-order valence-electron chi connectivity index (χ4n) is 2.07. The molecule has 0 heterocycles. The van der Waals surface area contributed by atoms with Gasteiger partial charge in [-0.05, 0) is 43.9 Å². The van der Waals surface area contributed by atoms with Crippen LogP contribution in [0.3, 0.4) is 0 Å². The summed E-state index contributed by atoms with van der Waals surface area (Å²) < 4.78 is 5.69. The number of nitrogen functional groups attached to an aromatic ring is 1. The summed E-state index contributed by atoms with van der Waals surface area (Å²) >= 11 is 0. The van der Waals surface area contributed by atoms with Crippen molar-refractivity contribution in [3.63, 3.8) is 0 Å². The Labute approximate surface area is 137 Å². The molecule has 0 aliphatic heterocycles. The third-order valence-corrected chi connectivity index (χ3v) is 3.36. The van der Waals surface area contributed by atoms with Crippen molar-refractivity contribution < 1.29 is 9.53 Å². The molecule has 2 rings (SSSR count). The van der Waals surface area contributed by atoms with Crippen LogP contribution in [0.4, 0.5) is 5.69 Å². The van der Waals surface area contributed by atoms with E-state index in [0.29, 0.717) is 24.4 Å². The summed E-state index contributed by atoms with van der Waals surface area (Å²) in [6.07, 6.45) is 0. The first-order valence-corrected chi connectivity index (χ1v) is 7.55. The molecule has 5 heteroatoms. The monoisotopic (exact) mass is 313 g/mol. The SMILES string of the molecule is CN(C)CCOc1cccc(CNC(=O)c2ccccc2N)c1. The Hall–Kier alpha value is -2.53. The van der Waals surface area contributed by atoms with Gasteiger partial charge in [0.15, 0.2) is 0 Å². The molecule has 0 bridgehead atoms. The lowest BCUT2D eigenvalue weighted by molar-refractivity contribution is 0.0951. The summed E-state index contributed by atoms with van der Waals surface area (Å²) in [5.74, 6) is 0.625. The molecule has 122 valence electrons. The van der Waals surface area contributed by atoms with E-state index in [1.54, 1.807) is 24.3 Å². The van der Waals surface area contributed by atoms with Crippen LogP contribution < -0.4 is 15.8 Å². The molecule has 3 N–H and O–H groups in total. The maximum Gasteiger partial charge on any atom is 0.253 e. The summed E-state index contributed by atoms with van der Waals surface area (Å²) in [7, 11) is 4.01. The molecule has 2 aromatic rings. The summed E-state index contributed by atoms with van der Waals surface area (Å²) in [6.45, 7) is 1.91. The van der Waals surface area contributed by atoms with Gasteiger partial charge in [0, 0.05) is 18.8 Å². The van der Waals surface area contributed by atoms with Crippen LogP contribution in [0, 0.1) is 0 Å². The Morgan fingerprint density at radius 3 is 2.70 bits per heavy atom. The summed E-state index contributed by atoms with van der Waals surface area (Å²) in [5.41, 5.74) is 7.76. The number of anilines is 1. The van der Waals surface area contributed by atoms with Crippen molar-refractivity contribution in [3.05, 3.63) is 59.7 Å². The van der Waals surface area contributed by atoms with Crippen LogP contribution in [0.15, 0.2) is 48.5 Å². The molecule has 0 aromatic heterocycles. The van der Waals surface area contributed by atoms with Gasteiger partial charge in [-0.3, -0.25) is 4.79 Å². The van der Waals surface area contributed by atoms with Crippen molar-refractivity contribution >= 4 is 11.6 Å². The molecule has 0 fully saturated rings. The van der Waals surface area contributed by atoms with Crippen LogP contribution >= 0.6 is 0 Å². The lowest BCUT2D eigenvalue weighted by Gasteiger charge is -2.12. The molecule has 0 aliphatic rings. The number of nitrogens with one attached hydrogen (secondary N) is 1. The third-order valence-electron chi connectivity index (χ3n) is 3.36. The molecule has 0 radical (unpaired) electrons. The standard InChI is InChI=1S/C18H23N3O2/c1-21(2)10-11-23-15-7-5-6-14(12-15)13-20-18(22)16-8-3-4-9-17(16)19/h3-9,12H,10-11,13,19H2,1-2H3,(H,20,22). The lowest BCUT2D eigenvalue weighted by Crippen LogP contribution is -2.23. The molecule has 0 spiro atoms. The Kier molecular flexibility index (Phi) is 6.00.